The van der Waals surface area contributed by atoms with Gasteiger partial charge in [0.2, 0.25) is 23.6 Å². The number of nitrogens with zero attached hydrogens (tertiary/aromatic N) is 3. The van der Waals surface area contributed by atoms with Gasteiger partial charge in [0.05, 0.1) is 18.1 Å². The number of amides is 2. The number of nitrogens with one attached hydrogen (secondary N) is 1. The van der Waals surface area contributed by atoms with Crippen LogP contribution in [0.3, 0.4) is 0 Å². The van der Waals surface area contributed by atoms with Crippen molar-refractivity contribution in [1.82, 2.24) is 15.1 Å². The van der Waals surface area contributed by atoms with E-state index >= 15 is 0 Å². The third-order valence-corrected chi connectivity index (χ3v) is 6.13. The van der Waals surface area contributed by atoms with Crippen molar-refractivity contribution in [3.63, 3.8) is 0 Å². The summed E-state index contributed by atoms with van der Waals surface area (Å²) in [5.41, 5.74) is 2.65. The second kappa shape index (κ2) is 10.2. The second-order valence-electron chi connectivity index (χ2n) is 7.67. The molecule has 9 heteroatoms. The molecule has 0 spiro atoms. The van der Waals surface area contributed by atoms with Gasteiger partial charge in [0.15, 0.2) is 0 Å². The maximum absolute atomic E-state index is 12.8. The zero-order chi connectivity index (χ0) is 22.5. The molecule has 1 saturated carbocycles. The van der Waals surface area contributed by atoms with Crippen LogP contribution in [0.2, 0.25) is 5.02 Å². The summed E-state index contributed by atoms with van der Waals surface area (Å²) in [6.45, 7) is 2.26. The standard InChI is InChI=1S/C23H23ClN4O3S/c1-15-2-8-18(9-3-15)25-20(29)13-32-14-22(30)28(19-10-11-19)12-21-26-27-23(31-21)16-4-6-17(24)7-5-16/h2-9,19H,10-14H2,1H3,(H,25,29). The predicted molar refractivity (Wildman–Crippen MR) is 125 cm³/mol. The Hall–Kier alpha value is -2.84. The van der Waals surface area contributed by atoms with Crippen LogP contribution >= 0.6 is 23.4 Å². The monoisotopic (exact) mass is 470 g/mol. The summed E-state index contributed by atoms with van der Waals surface area (Å²) in [5, 5.41) is 11.6. The SMILES string of the molecule is Cc1ccc(NC(=O)CSCC(=O)N(Cc2nnc(-c3ccc(Cl)cc3)o2)C2CC2)cc1. The Balaban J connectivity index is 1.28. The summed E-state index contributed by atoms with van der Waals surface area (Å²) in [6, 6.07) is 14.9. The first-order valence-electron chi connectivity index (χ1n) is 10.3. The molecule has 0 unspecified atom stereocenters. The number of carbonyl (C=O) groups excluding carboxylic acids is 2. The van der Waals surface area contributed by atoms with Gasteiger partial charge in [-0.2, -0.15) is 0 Å². The van der Waals surface area contributed by atoms with Crippen LogP contribution in [-0.2, 0) is 16.1 Å². The van der Waals surface area contributed by atoms with Crippen LogP contribution in [0.4, 0.5) is 5.69 Å². The van der Waals surface area contributed by atoms with Crippen molar-refractivity contribution in [3.8, 4) is 11.5 Å². The van der Waals surface area contributed by atoms with E-state index in [2.05, 4.69) is 15.5 Å². The van der Waals surface area contributed by atoms with Crippen LogP contribution in [0.5, 0.6) is 0 Å². The number of anilines is 1. The lowest BCUT2D eigenvalue weighted by Crippen LogP contribution is -2.34. The van der Waals surface area contributed by atoms with Gasteiger partial charge in [0, 0.05) is 22.3 Å². The Kier molecular flexibility index (Phi) is 7.12. The number of carbonyl (C=O) groups is 2. The molecule has 2 amide bonds. The Morgan fingerprint density at radius 2 is 1.81 bits per heavy atom. The molecule has 1 heterocycles. The number of rotatable bonds is 9. The zero-order valence-corrected chi connectivity index (χ0v) is 19.2. The highest BCUT2D eigenvalue weighted by molar-refractivity contribution is 8.00. The Labute approximate surface area is 195 Å². The highest BCUT2D eigenvalue weighted by Gasteiger charge is 2.33. The van der Waals surface area contributed by atoms with Crippen LogP contribution in [0.25, 0.3) is 11.5 Å². The van der Waals surface area contributed by atoms with E-state index < -0.39 is 0 Å². The first kappa shape index (κ1) is 22.4. The highest BCUT2D eigenvalue weighted by Crippen LogP contribution is 2.29. The number of benzene rings is 2. The van der Waals surface area contributed by atoms with Crippen LogP contribution in [0, 0.1) is 6.92 Å². The van der Waals surface area contributed by atoms with Gasteiger partial charge in [0.1, 0.15) is 0 Å². The molecular formula is C23H23ClN4O3S. The number of hydrogen-bond acceptors (Lipinski definition) is 6. The third kappa shape index (κ3) is 6.11. The van der Waals surface area contributed by atoms with Crippen LogP contribution in [0.1, 0.15) is 24.3 Å². The maximum atomic E-state index is 12.8. The molecule has 3 aromatic rings. The fourth-order valence-corrected chi connectivity index (χ4v) is 3.95. The van der Waals surface area contributed by atoms with E-state index in [4.69, 9.17) is 16.0 Å². The van der Waals surface area contributed by atoms with E-state index in [1.54, 1.807) is 17.0 Å². The Bertz CT molecular complexity index is 1080. The minimum absolute atomic E-state index is 0.0353. The van der Waals surface area contributed by atoms with Crippen molar-refractivity contribution < 1.29 is 14.0 Å². The number of hydrogen-bond donors (Lipinski definition) is 1. The lowest BCUT2D eigenvalue weighted by Gasteiger charge is -2.20. The summed E-state index contributed by atoms with van der Waals surface area (Å²) < 4.78 is 5.76. The summed E-state index contributed by atoms with van der Waals surface area (Å²) in [5.74, 6) is 1.04. The van der Waals surface area contributed by atoms with Gasteiger partial charge in [-0.25, -0.2) is 0 Å². The second-order valence-corrected chi connectivity index (χ2v) is 9.09. The first-order chi connectivity index (χ1) is 15.5. The van der Waals surface area contributed by atoms with E-state index in [-0.39, 0.29) is 35.9 Å². The minimum atomic E-state index is -0.130. The molecular weight excluding hydrogens is 448 g/mol. The summed E-state index contributed by atoms with van der Waals surface area (Å²) in [7, 11) is 0. The zero-order valence-electron chi connectivity index (χ0n) is 17.6. The van der Waals surface area contributed by atoms with Crippen LogP contribution in [-0.4, -0.2) is 44.5 Å². The fraction of sp³-hybridized carbons (Fsp3) is 0.304. The van der Waals surface area contributed by atoms with Gasteiger partial charge < -0.3 is 14.6 Å². The molecule has 0 aliphatic heterocycles. The molecule has 1 aliphatic carbocycles. The largest absolute Gasteiger partial charge is 0.419 e. The van der Waals surface area contributed by atoms with Crippen molar-refractivity contribution in [2.45, 2.75) is 32.4 Å². The van der Waals surface area contributed by atoms with Crippen molar-refractivity contribution in [2.75, 3.05) is 16.8 Å². The first-order valence-corrected chi connectivity index (χ1v) is 11.8. The van der Waals surface area contributed by atoms with Crippen molar-refractivity contribution >= 4 is 40.9 Å². The molecule has 1 N–H and O–H groups in total. The molecule has 0 atom stereocenters. The van der Waals surface area contributed by atoms with Gasteiger partial charge in [-0.1, -0.05) is 29.3 Å². The topological polar surface area (TPSA) is 88.3 Å². The molecule has 0 saturated heterocycles. The van der Waals surface area contributed by atoms with Gasteiger partial charge in [-0.15, -0.1) is 22.0 Å². The maximum Gasteiger partial charge on any atom is 0.247 e. The lowest BCUT2D eigenvalue weighted by molar-refractivity contribution is -0.129. The van der Waals surface area contributed by atoms with E-state index in [0.717, 1.165) is 29.7 Å². The average molecular weight is 471 g/mol. The molecule has 1 aliphatic rings. The average Bonchev–Trinajstić information content (AvgIpc) is 3.51. The summed E-state index contributed by atoms with van der Waals surface area (Å²) in [4.78, 5) is 26.7. The molecule has 0 radical (unpaired) electrons. The van der Waals surface area contributed by atoms with Crippen molar-refractivity contribution in [1.29, 1.82) is 0 Å². The third-order valence-electron chi connectivity index (χ3n) is 4.97. The highest BCUT2D eigenvalue weighted by atomic mass is 35.5. The smallest absolute Gasteiger partial charge is 0.247 e. The Morgan fingerprint density at radius 3 is 2.50 bits per heavy atom. The van der Waals surface area contributed by atoms with E-state index in [1.807, 2.05) is 43.3 Å². The van der Waals surface area contributed by atoms with E-state index in [0.29, 0.717) is 16.8 Å². The molecule has 1 fully saturated rings. The van der Waals surface area contributed by atoms with Crippen molar-refractivity contribution in [3.05, 3.63) is 65.0 Å². The summed E-state index contributed by atoms with van der Waals surface area (Å²) >= 11 is 7.22. The molecule has 166 valence electrons. The van der Waals surface area contributed by atoms with Gasteiger partial charge in [-0.3, -0.25) is 9.59 Å². The van der Waals surface area contributed by atoms with Gasteiger partial charge in [0.25, 0.3) is 0 Å². The molecule has 1 aromatic heterocycles. The number of halogens is 1. The number of thioether (sulfide) groups is 1. The van der Waals surface area contributed by atoms with Crippen LogP contribution in [0.15, 0.2) is 52.9 Å². The molecule has 32 heavy (non-hydrogen) atoms. The van der Waals surface area contributed by atoms with Gasteiger partial charge >= 0.3 is 0 Å². The number of aryl methyl sites for hydroxylation is 1. The Morgan fingerprint density at radius 1 is 1.09 bits per heavy atom. The molecule has 7 nitrogen and oxygen atoms in total. The summed E-state index contributed by atoms with van der Waals surface area (Å²) in [6.07, 6.45) is 1.92. The minimum Gasteiger partial charge on any atom is -0.419 e. The predicted octanol–water partition coefficient (Wildman–Crippen LogP) is 4.56. The molecule has 0 bridgehead atoms. The number of aromatic nitrogens is 2. The fourth-order valence-electron chi connectivity index (χ4n) is 3.13. The van der Waals surface area contributed by atoms with Gasteiger partial charge in [-0.05, 0) is 56.2 Å². The van der Waals surface area contributed by atoms with Crippen molar-refractivity contribution in [2.24, 2.45) is 0 Å². The molecule has 2 aromatic carbocycles. The molecule has 4 rings (SSSR count). The van der Waals surface area contributed by atoms with Crippen LogP contribution < -0.4 is 5.32 Å². The quantitative estimate of drug-likeness (QED) is 0.493. The normalized spacial score (nSPS) is 13.1. The lowest BCUT2D eigenvalue weighted by atomic mass is 10.2. The van der Waals surface area contributed by atoms with E-state index in [1.165, 1.54) is 11.8 Å². The van der Waals surface area contributed by atoms with E-state index in [9.17, 15) is 9.59 Å².